The molecule has 4 aromatic carbocycles. The van der Waals surface area contributed by atoms with Crippen molar-refractivity contribution >= 4 is 17.3 Å². The Morgan fingerprint density at radius 3 is 1.94 bits per heavy atom. The van der Waals surface area contributed by atoms with Crippen molar-refractivity contribution in [1.29, 1.82) is 0 Å². The number of hydrogen-bond acceptors (Lipinski definition) is 8. The van der Waals surface area contributed by atoms with Crippen LogP contribution in [0.5, 0.6) is 0 Å². The van der Waals surface area contributed by atoms with Gasteiger partial charge in [-0.15, -0.1) is 0 Å². The van der Waals surface area contributed by atoms with Crippen molar-refractivity contribution in [2.45, 2.75) is 38.6 Å². The lowest BCUT2D eigenvalue weighted by Gasteiger charge is -2.44. The second-order valence-electron chi connectivity index (χ2n) is 12.8. The molecule has 274 valence electrons. The molecule has 4 aromatic rings. The van der Waals surface area contributed by atoms with Crippen LogP contribution in [0.4, 0.5) is 33.3 Å². The highest BCUT2D eigenvalue weighted by Gasteiger charge is 2.39. The van der Waals surface area contributed by atoms with Gasteiger partial charge >= 0.3 is 0 Å². The molecule has 0 radical (unpaired) electrons. The van der Waals surface area contributed by atoms with Gasteiger partial charge in [0.05, 0.1) is 23.7 Å². The molecule has 4 unspecified atom stereocenters. The van der Waals surface area contributed by atoms with Gasteiger partial charge in [0.15, 0.2) is 29.6 Å². The van der Waals surface area contributed by atoms with E-state index in [1.165, 1.54) is 12.1 Å². The van der Waals surface area contributed by atoms with Gasteiger partial charge in [-0.2, -0.15) is 0 Å². The minimum absolute atomic E-state index is 0.0374. The number of carbonyl (C=O) groups excluding carboxylic acids is 1. The summed E-state index contributed by atoms with van der Waals surface area (Å²) < 4.78 is 81.9. The summed E-state index contributed by atoms with van der Waals surface area (Å²) in [4.78, 5) is 27.5. The minimum atomic E-state index is -2.35. The quantitative estimate of drug-likeness (QED) is 0.0641. The molecular weight excluding hydrogens is 691 g/mol. The van der Waals surface area contributed by atoms with Crippen molar-refractivity contribution < 1.29 is 46.3 Å². The van der Waals surface area contributed by atoms with Crippen LogP contribution in [0, 0.1) is 45.1 Å². The molecule has 6 rings (SSSR count). The van der Waals surface area contributed by atoms with Crippen molar-refractivity contribution in [3.8, 4) is 0 Å². The maximum absolute atomic E-state index is 14.1. The lowest BCUT2D eigenvalue weighted by molar-refractivity contribution is -0.384. The predicted molar refractivity (Wildman–Crippen MR) is 179 cm³/mol. The highest BCUT2D eigenvalue weighted by molar-refractivity contribution is 5.94. The monoisotopic (exact) mass is 726 g/mol. The van der Waals surface area contributed by atoms with Gasteiger partial charge in [-0.25, -0.2) is 22.0 Å². The Morgan fingerprint density at radius 2 is 1.37 bits per heavy atom. The van der Waals surface area contributed by atoms with E-state index in [9.17, 15) is 42.0 Å². The average Bonchev–Trinajstić information content (AvgIpc) is 3.17. The fourth-order valence-corrected chi connectivity index (χ4v) is 6.42. The number of carbonyl (C=O) groups is 1. The number of amides is 1. The Kier molecular flexibility index (Phi) is 11.1. The molecule has 2 heterocycles. The summed E-state index contributed by atoms with van der Waals surface area (Å²) in [6, 6.07) is 20.6. The van der Waals surface area contributed by atoms with E-state index >= 15 is 0 Å². The summed E-state index contributed by atoms with van der Waals surface area (Å²) in [6.07, 6.45) is -1.45. The van der Waals surface area contributed by atoms with Crippen LogP contribution in [0.2, 0.25) is 0 Å². The second kappa shape index (κ2) is 15.7. The van der Waals surface area contributed by atoms with E-state index in [1.54, 1.807) is 36.4 Å². The number of ether oxygens (including phenoxy) is 2. The molecule has 2 fully saturated rings. The van der Waals surface area contributed by atoms with Crippen LogP contribution in [-0.4, -0.2) is 59.7 Å². The number of piperazine rings is 1. The van der Waals surface area contributed by atoms with Gasteiger partial charge in [-0.1, -0.05) is 55.5 Å². The first kappa shape index (κ1) is 36.8. The molecule has 0 aromatic heterocycles. The normalized spacial score (nSPS) is 20.9. The third kappa shape index (κ3) is 7.77. The molecule has 0 aliphatic carbocycles. The maximum atomic E-state index is 14.1. The number of anilines is 1. The number of aliphatic hydroxyl groups is 1. The molecule has 2 aliphatic rings. The van der Waals surface area contributed by atoms with Gasteiger partial charge in [0, 0.05) is 68.6 Å². The van der Waals surface area contributed by atoms with Crippen LogP contribution in [0.3, 0.4) is 0 Å². The van der Waals surface area contributed by atoms with Gasteiger partial charge in [0.2, 0.25) is 5.82 Å². The average molecular weight is 727 g/mol. The van der Waals surface area contributed by atoms with Crippen molar-refractivity contribution in [1.82, 2.24) is 10.2 Å². The third-order valence-corrected chi connectivity index (χ3v) is 9.50. The van der Waals surface area contributed by atoms with E-state index in [4.69, 9.17) is 9.47 Å². The van der Waals surface area contributed by atoms with Crippen molar-refractivity contribution in [3.63, 3.8) is 0 Å². The number of non-ortho nitro benzene ring substituents is 1. The summed E-state index contributed by atoms with van der Waals surface area (Å²) in [5, 5.41) is 22.8. The van der Waals surface area contributed by atoms with Gasteiger partial charge in [0.25, 0.3) is 11.6 Å². The Hall–Kier alpha value is -4.96. The van der Waals surface area contributed by atoms with Gasteiger partial charge in [-0.3, -0.25) is 19.8 Å². The molecule has 10 nitrogen and oxygen atoms in total. The summed E-state index contributed by atoms with van der Waals surface area (Å²) in [5.74, 6) is -12.7. The Labute approximate surface area is 295 Å². The molecule has 15 heteroatoms. The number of hydrogen-bond donors (Lipinski definition) is 2. The number of benzene rings is 4. The van der Waals surface area contributed by atoms with Gasteiger partial charge in [0.1, 0.15) is 5.56 Å². The molecule has 0 spiro atoms. The predicted octanol–water partition coefficient (Wildman–Crippen LogP) is 6.33. The van der Waals surface area contributed by atoms with E-state index in [2.05, 4.69) is 22.0 Å². The fraction of sp³-hybridized carbons (Fsp3) is 0.324. The number of halogens is 5. The first-order valence-electron chi connectivity index (χ1n) is 16.6. The van der Waals surface area contributed by atoms with Crippen molar-refractivity contribution in [2.75, 3.05) is 37.6 Å². The number of aliphatic hydroxyl groups excluding tert-OH is 1. The smallest absolute Gasteiger partial charge is 0.269 e. The van der Waals surface area contributed by atoms with E-state index in [0.717, 1.165) is 29.9 Å². The molecule has 0 bridgehead atoms. The van der Waals surface area contributed by atoms with Crippen LogP contribution in [0.25, 0.3) is 0 Å². The standard InChI is InChI=1S/C37H35F5N4O6/c1-21-28(19-44-14-16-45(17-15-44)26-10-12-27(13-11-26)46(49)50)51-37(52-35(21)24-6-4-23(20-47)5-7-24)25-8-2-22(3-9-25)18-43-36(48)29-30(38)32(40)34(42)33(41)31(29)39/h2-13,21,28,35,37,47H,14-20H2,1H3,(H,43,48). The van der Waals surface area contributed by atoms with E-state index < -0.39 is 51.8 Å². The van der Waals surface area contributed by atoms with E-state index in [0.29, 0.717) is 30.8 Å². The molecule has 4 atom stereocenters. The zero-order chi connectivity index (χ0) is 37.1. The van der Waals surface area contributed by atoms with Crippen LogP contribution >= 0.6 is 0 Å². The molecule has 2 saturated heterocycles. The van der Waals surface area contributed by atoms with Gasteiger partial charge < -0.3 is 24.8 Å². The lowest BCUT2D eigenvalue weighted by Crippen LogP contribution is -2.51. The number of nitrogens with zero attached hydrogens (tertiary/aromatic N) is 3. The second-order valence-corrected chi connectivity index (χ2v) is 12.8. The SMILES string of the molecule is CC1C(CN2CCN(c3ccc([N+](=O)[O-])cc3)CC2)OC(c2ccc(CNC(=O)c3c(F)c(F)c(F)c(F)c3F)cc2)OC1c1ccc(CO)cc1. The van der Waals surface area contributed by atoms with Crippen molar-refractivity contribution in [3.05, 3.63) is 140 Å². The van der Waals surface area contributed by atoms with Crippen LogP contribution in [0.1, 0.15) is 51.9 Å². The first-order valence-corrected chi connectivity index (χ1v) is 16.6. The fourth-order valence-electron chi connectivity index (χ4n) is 6.42. The highest BCUT2D eigenvalue weighted by atomic mass is 19.2. The van der Waals surface area contributed by atoms with Crippen LogP contribution < -0.4 is 10.2 Å². The Balaban J connectivity index is 1.14. The summed E-state index contributed by atoms with van der Waals surface area (Å²) >= 11 is 0. The molecule has 2 aliphatic heterocycles. The first-order chi connectivity index (χ1) is 24.9. The van der Waals surface area contributed by atoms with Crippen LogP contribution in [-0.2, 0) is 22.6 Å². The zero-order valence-corrected chi connectivity index (χ0v) is 27.9. The zero-order valence-electron chi connectivity index (χ0n) is 27.9. The number of nitrogens with one attached hydrogen (secondary N) is 1. The number of rotatable bonds is 10. The Bertz CT molecular complexity index is 1880. The maximum Gasteiger partial charge on any atom is 0.269 e. The molecule has 52 heavy (non-hydrogen) atoms. The molecule has 0 saturated carbocycles. The minimum Gasteiger partial charge on any atom is -0.392 e. The molecule has 1 amide bonds. The number of nitro groups is 1. The highest BCUT2D eigenvalue weighted by Crippen LogP contribution is 2.42. The summed E-state index contributed by atoms with van der Waals surface area (Å²) in [7, 11) is 0. The lowest BCUT2D eigenvalue weighted by atomic mass is 9.90. The Morgan fingerprint density at radius 1 is 0.808 bits per heavy atom. The van der Waals surface area contributed by atoms with E-state index in [1.807, 2.05) is 24.3 Å². The molecule has 2 N–H and O–H groups in total. The van der Waals surface area contributed by atoms with E-state index in [-0.39, 0.29) is 37.0 Å². The molecular formula is C37H35F5N4O6. The van der Waals surface area contributed by atoms with Crippen LogP contribution in [0.15, 0.2) is 72.8 Å². The summed E-state index contributed by atoms with van der Waals surface area (Å²) in [6.45, 7) is 5.18. The third-order valence-electron chi connectivity index (χ3n) is 9.50. The largest absolute Gasteiger partial charge is 0.392 e. The van der Waals surface area contributed by atoms with Gasteiger partial charge in [-0.05, 0) is 28.8 Å². The number of nitro benzene ring substituents is 1. The van der Waals surface area contributed by atoms with Crippen molar-refractivity contribution in [2.24, 2.45) is 5.92 Å². The summed E-state index contributed by atoms with van der Waals surface area (Å²) in [5.41, 5.74) is 2.16. The topological polar surface area (TPSA) is 117 Å².